The second-order valence-corrected chi connectivity index (χ2v) is 6.29. The molecule has 26 heavy (non-hydrogen) atoms. The summed E-state index contributed by atoms with van der Waals surface area (Å²) in [6.07, 6.45) is 0.645. The van der Waals surface area contributed by atoms with E-state index in [-0.39, 0.29) is 23.6 Å². The molecule has 0 radical (unpaired) electrons. The fraction of sp³-hybridized carbons (Fsp3) is 0.316. The fourth-order valence-corrected chi connectivity index (χ4v) is 3.05. The van der Waals surface area contributed by atoms with Crippen LogP contribution in [-0.2, 0) is 6.54 Å². The van der Waals surface area contributed by atoms with Crippen LogP contribution in [0.15, 0.2) is 36.4 Å². The lowest BCUT2D eigenvalue weighted by Crippen LogP contribution is -2.35. The van der Waals surface area contributed by atoms with Crippen molar-refractivity contribution in [3.8, 4) is 0 Å². The molecule has 0 bridgehead atoms. The van der Waals surface area contributed by atoms with Gasteiger partial charge < -0.3 is 4.90 Å². The highest BCUT2D eigenvalue weighted by Gasteiger charge is 2.22. The largest absolute Gasteiger partial charge is 0.337 e. The predicted octanol–water partition coefficient (Wildman–Crippen LogP) is 3.59. The standard InChI is InChI=1S/C19H18F4N2O/c20-15-3-5-16(21)14(10-15)12-24-6-1-7-25(9-8-24)19(26)13-2-4-17(22)18(23)11-13/h2-5,10-11H,1,6-9,12H2. The highest BCUT2D eigenvalue weighted by Crippen LogP contribution is 2.16. The van der Waals surface area contributed by atoms with Crippen LogP contribution in [0.3, 0.4) is 0 Å². The summed E-state index contributed by atoms with van der Waals surface area (Å²) in [6, 6.07) is 6.42. The van der Waals surface area contributed by atoms with Crippen molar-refractivity contribution in [1.29, 1.82) is 0 Å². The molecule has 1 aliphatic rings. The molecule has 0 aromatic heterocycles. The van der Waals surface area contributed by atoms with E-state index < -0.39 is 23.3 Å². The number of hydrogen-bond acceptors (Lipinski definition) is 2. The Morgan fingerprint density at radius 3 is 2.38 bits per heavy atom. The summed E-state index contributed by atoms with van der Waals surface area (Å²) < 4.78 is 53.5. The molecule has 3 rings (SSSR count). The van der Waals surface area contributed by atoms with E-state index in [2.05, 4.69) is 0 Å². The Kier molecular flexibility index (Phi) is 5.56. The highest BCUT2D eigenvalue weighted by atomic mass is 19.2. The molecule has 0 saturated carbocycles. The van der Waals surface area contributed by atoms with Gasteiger partial charge in [0, 0.05) is 43.9 Å². The minimum atomic E-state index is -1.06. The van der Waals surface area contributed by atoms with Crippen molar-refractivity contribution >= 4 is 5.91 Å². The van der Waals surface area contributed by atoms with Crippen LogP contribution in [0.5, 0.6) is 0 Å². The molecule has 1 fully saturated rings. The second kappa shape index (κ2) is 7.86. The van der Waals surface area contributed by atoms with Crippen LogP contribution >= 0.6 is 0 Å². The molecule has 1 aliphatic heterocycles. The van der Waals surface area contributed by atoms with Gasteiger partial charge in [-0.1, -0.05) is 0 Å². The van der Waals surface area contributed by atoms with E-state index in [4.69, 9.17) is 0 Å². The number of halogens is 4. The minimum absolute atomic E-state index is 0.0912. The number of rotatable bonds is 3. The Morgan fingerprint density at radius 2 is 1.62 bits per heavy atom. The van der Waals surface area contributed by atoms with E-state index in [1.807, 2.05) is 4.90 Å². The van der Waals surface area contributed by atoms with Crippen molar-refractivity contribution in [2.24, 2.45) is 0 Å². The second-order valence-electron chi connectivity index (χ2n) is 6.29. The first-order valence-corrected chi connectivity index (χ1v) is 8.34. The van der Waals surface area contributed by atoms with E-state index in [1.165, 1.54) is 12.1 Å². The first-order chi connectivity index (χ1) is 12.4. The summed E-state index contributed by atoms with van der Waals surface area (Å²) in [6.45, 7) is 2.18. The average Bonchev–Trinajstić information content (AvgIpc) is 2.85. The van der Waals surface area contributed by atoms with Gasteiger partial charge in [-0.3, -0.25) is 9.69 Å². The molecular weight excluding hydrogens is 348 g/mol. The molecule has 0 aliphatic carbocycles. The van der Waals surface area contributed by atoms with E-state index >= 15 is 0 Å². The van der Waals surface area contributed by atoms with Gasteiger partial charge in [-0.25, -0.2) is 17.6 Å². The molecule has 1 saturated heterocycles. The zero-order valence-electron chi connectivity index (χ0n) is 14.0. The maximum Gasteiger partial charge on any atom is 0.254 e. The Hall–Kier alpha value is -2.41. The number of hydrogen-bond donors (Lipinski definition) is 0. The molecule has 138 valence electrons. The Labute approximate surface area is 148 Å². The Morgan fingerprint density at radius 1 is 0.846 bits per heavy atom. The van der Waals surface area contributed by atoms with Gasteiger partial charge in [0.2, 0.25) is 0 Å². The zero-order valence-corrected chi connectivity index (χ0v) is 14.0. The summed E-state index contributed by atoms with van der Waals surface area (Å²) >= 11 is 0. The van der Waals surface area contributed by atoms with Crippen LogP contribution in [0.1, 0.15) is 22.3 Å². The third kappa shape index (κ3) is 4.22. The van der Waals surface area contributed by atoms with E-state index in [9.17, 15) is 22.4 Å². The van der Waals surface area contributed by atoms with Crippen LogP contribution < -0.4 is 0 Å². The van der Waals surface area contributed by atoms with Gasteiger partial charge >= 0.3 is 0 Å². The number of nitrogens with zero attached hydrogens (tertiary/aromatic N) is 2. The molecular formula is C19H18F4N2O. The molecule has 0 atom stereocenters. The summed E-state index contributed by atoms with van der Waals surface area (Å²) in [5.74, 6) is -3.39. The Bertz CT molecular complexity index is 812. The molecule has 0 unspecified atom stereocenters. The quantitative estimate of drug-likeness (QED) is 0.775. The van der Waals surface area contributed by atoms with Gasteiger partial charge in [0.25, 0.3) is 5.91 Å². The summed E-state index contributed by atoms with van der Waals surface area (Å²) in [4.78, 5) is 16.0. The van der Waals surface area contributed by atoms with Crippen molar-refractivity contribution in [3.05, 3.63) is 70.8 Å². The van der Waals surface area contributed by atoms with Crippen LogP contribution in [0.25, 0.3) is 0 Å². The maximum atomic E-state index is 13.8. The smallest absolute Gasteiger partial charge is 0.254 e. The third-order valence-corrected chi connectivity index (χ3v) is 4.44. The van der Waals surface area contributed by atoms with E-state index in [0.717, 1.165) is 24.3 Å². The summed E-state index contributed by atoms with van der Waals surface area (Å²) in [5, 5.41) is 0. The molecule has 3 nitrogen and oxygen atoms in total. The lowest BCUT2D eigenvalue weighted by atomic mass is 10.2. The third-order valence-electron chi connectivity index (χ3n) is 4.44. The maximum absolute atomic E-state index is 13.8. The SMILES string of the molecule is O=C(c1ccc(F)c(F)c1)N1CCCN(Cc2cc(F)ccc2F)CC1. The predicted molar refractivity (Wildman–Crippen MR) is 88.5 cm³/mol. The normalized spacial score (nSPS) is 15.8. The average molecular weight is 366 g/mol. The van der Waals surface area contributed by atoms with Crippen LogP contribution in [0, 0.1) is 23.3 Å². The summed E-state index contributed by atoms with van der Waals surface area (Å²) in [7, 11) is 0. The molecule has 0 N–H and O–H groups in total. The number of amides is 1. The lowest BCUT2D eigenvalue weighted by Gasteiger charge is -2.22. The molecule has 1 amide bonds. The van der Waals surface area contributed by atoms with E-state index in [0.29, 0.717) is 32.6 Å². The molecule has 7 heteroatoms. The van der Waals surface area contributed by atoms with Crippen molar-refractivity contribution in [1.82, 2.24) is 9.80 Å². The van der Waals surface area contributed by atoms with Crippen molar-refractivity contribution in [2.45, 2.75) is 13.0 Å². The lowest BCUT2D eigenvalue weighted by molar-refractivity contribution is 0.0760. The molecule has 1 heterocycles. The van der Waals surface area contributed by atoms with Gasteiger partial charge in [-0.05, 0) is 42.8 Å². The van der Waals surface area contributed by atoms with Crippen LogP contribution in [-0.4, -0.2) is 41.9 Å². The van der Waals surface area contributed by atoms with Gasteiger partial charge in [0.15, 0.2) is 11.6 Å². The first-order valence-electron chi connectivity index (χ1n) is 8.34. The van der Waals surface area contributed by atoms with Crippen LogP contribution in [0.4, 0.5) is 17.6 Å². The number of benzene rings is 2. The molecule has 2 aromatic carbocycles. The van der Waals surface area contributed by atoms with Crippen molar-refractivity contribution in [2.75, 3.05) is 26.2 Å². The molecule has 0 spiro atoms. The zero-order chi connectivity index (χ0) is 18.7. The fourth-order valence-electron chi connectivity index (χ4n) is 3.05. The Balaban J connectivity index is 1.65. The van der Waals surface area contributed by atoms with Crippen molar-refractivity contribution in [3.63, 3.8) is 0 Å². The highest BCUT2D eigenvalue weighted by molar-refractivity contribution is 5.94. The van der Waals surface area contributed by atoms with Gasteiger partial charge in [-0.15, -0.1) is 0 Å². The first kappa shape index (κ1) is 18.4. The monoisotopic (exact) mass is 366 g/mol. The summed E-state index contributed by atoms with van der Waals surface area (Å²) in [5.41, 5.74) is 0.360. The van der Waals surface area contributed by atoms with E-state index in [1.54, 1.807) is 4.90 Å². The topological polar surface area (TPSA) is 23.6 Å². The molecule has 2 aromatic rings. The van der Waals surface area contributed by atoms with Gasteiger partial charge in [0.05, 0.1) is 0 Å². The number of carbonyl (C=O) groups is 1. The number of carbonyl (C=O) groups excluding carboxylic acids is 1. The van der Waals surface area contributed by atoms with Gasteiger partial charge in [0.1, 0.15) is 11.6 Å². The van der Waals surface area contributed by atoms with Gasteiger partial charge in [-0.2, -0.15) is 0 Å². The van der Waals surface area contributed by atoms with Crippen LogP contribution in [0.2, 0.25) is 0 Å². The minimum Gasteiger partial charge on any atom is -0.337 e. The van der Waals surface area contributed by atoms with Crippen molar-refractivity contribution < 1.29 is 22.4 Å².